The Hall–Kier alpha value is -1.52. The highest BCUT2D eigenvalue weighted by Gasteiger charge is 2.28. The van der Waals surface area contributed by atoms with E-state index >= 15 is 0 Å². The lowest BCUT2D eigenvalue weighted by Crippen LogP contribution is -1.98. The van der Waals surface area contributed by atoms with Gasteiger partial charge in [0, 0.05) is 26.8 Å². The van der Waals surface area contributed by atoms with E-state index in [1.165, 1.54) is 12.8 Å². The van der Waals surface area contributed by atoms with Gasteiger partial charge in [0.2, 0.25) is 0 Å². The molecule has 1 aliphatic rings. The number of nitrogens with zero attached hydrogens (tertiary/aromatic N) is 2. The van der Waals surface area contributed by atoms with Crippen LogP contribution in [0.25, 0.3) is 22.4 Å². The van der Waals surface area contributed by atoms with E-state index in [2.05, 4.69) is 20.5 Å². The lowest BCUT2D eigenvalue weighted by atomic mass is 10.2. The van der Waals surface area contributed by atoms with Gasteiger partial charge in [0.15, 0.2) is 0 Å². The van der Waals surface area contributed by atoms with Crippen LogP contribution in [0.5, 0.6) is 0 Å². The van der Waals surface area contributed by atoms with Gasteiger partial charge >= 0.3 is 0 Å². The quantitative estimate of drug-likeness (QED) is 0.649. The van der Waals surface area contributed by atoms with E-state index in [1.807, 2.05) is 36.4 Å². The number of nitrogen functional groups attached to an aromatic ring is 1. The van der Waals surface area contributed by atoms with Crippen molar-refractivity contribution in [2.75, 3.05) is 5.73 Å². The Morgan fingerprint density at radius 2 is 2.00 bits per heavy atom. The third-order valence-electron chi connectivity index (χ3n) is 3.82. The summed E-state index contributed by atoms with van der Waals surface area (Å²) in [5.74, 6) is 0.982. The van der Waals surface area contributed by atoms with Crippen LogP contribution in [0.15, 0.2) is 40.9 Å². The van der Waals surface area contributed by atoms with Crippen LogP contribution in [-0.4, -0.2) is 9.55 Å². The topological polar surface area (TPSA) is 43.8 Å². The summed E-state index contributed by atoms with van der Waals surface area (Å²) in [7, 11) is 0. The summed E-state index contributed by atoms with van der Waals surface area (Å²) in [6.07, 6.45) is 2.39. The molecule has 1 aliphatic carbocycles. The fraction of sp³-hybridized carbons (Fsp3) is 0.188. The third kappa shape index (κ3) is 2.23. The van der Waals surface area contributed by atoms with Gasteiger partial charge in [-0.3, -0.25) is 0 Å². The van der Waals surface area contributed by atoms with Gasteiger partial charge < -0.3 is 10.3 Å². The molecular weight excluding hydrogens is 350 g/mol. The number of nitrogens with two attached hydrogens (primary N) is 1. The Morgan fingerprint density at radius 3 is 2.71 bits per heavy atom. The first-order chi connectivity index (χ1) is 10.1. The Bertz CT molecular complexity index is 852. The van der Waals surface area contributed by atoms with E-state index in [0.29, 0.717) is 6.04 Å². The molecule has 1 aromatic heterocycles. The minimum atomic E-state index is 0.528. The van der Waals surface area contributed by atoms with Crippen LogP contribution in [0.3, 0.4) is 0 Å². The van der Waals surface area contributed by atoms with Crippen molar-refractivity contribution >= 4 is 44.3 Å². The van der Waals surface area contributed by atoms with Crippen LogP contribution in [0.1, 0.15) is 18.9 Å². The van der Waals surface area contributed by atoms with Gasteiger partial charge in [0.25, 0.3) is 0 Å². The maximum Gasteiger partial charge on any atom is 0.141 e. The molecule has 0 bridgehead atoms. The van der Waals surface area contributed by atoms with Crippen molar-refractivity contribution in [1.29, 1.82) is 0 Å². The van der Waals surface area contributed by atoms with Crippen LogP contribution in [0.2, 0.25) is 5.02 Å². The standard InChI is InChI=1S/C16H13BrClN3/c17-12-7-9(1-5-13(12)19)16-20-14-6-2-10(18)8-15(14)21(16)11-3-4-11/h1-2,5-8,11H,3-4,19H2. The summed E-state index contributed by atoms with van der Waals surface area (Å²) in [6, 6.07) is 12.3. The van der Waals surface area contributed by atoms with E-state index in [9.17, 15) is 0 Å². The summed E-state index contributed by atoms with van der Waals surface area (Å²) in [5.41, 5.74) is 9.76. The number of aromatic nitrogens is 2. The van der Waals surface area contributed by atoms with Gasteiger partial charge in [-0.05, 0) is 65.2 Å². The zero-order valence-electron chi connectivity index (χ0n) is 11.2. The SMILES string of the molecule is Nc1ccc(-c2nc3ccc(Cl)cc3n2C2CC2)cc1Br. The molecule has 0 unspecified atom stereocenters. The molecule has 0 amide bonds. The van der Waals surface area contributed by atoms with Crippen molar-refractivity contribution in [3.05, 3.63) is 45.9 Å². The number of hydrogen-bond donors (Lipinski definition) is 1. The highest BCUT2D eigenvalue weighted by molar-refractivity contribution is 9.10. The normalized spacial score (nSPS) is 14.8. The van der Waals surface area contributed by atoms with Gasteiger partial charge in [-0.25, -0.2) is 4.98 Å². The second-order valence-corrected chi connectivity index (χ2v) is 6.70. The maximum absolute atomic E-state index is 6.15. The van der Waals surface area contributed by atoms with Gasteiger partial charge in [-0.1, -0.05) is 11.6 Å². The molecule has 0 saturated heterocycles. The van der Waals surface area contributed by atoms with Gasteiger partial charge in [-0.2, -0.15) is 0 Å². The molecule has 2 aromatic carbocycles. The molecule has 106 valence electrons. The van der Waals surface area contributed by atoms with Crippen molar-refractivity contribution < 1.29 is 0 Å². The second-order valence-electron chi connectivity index (χ2n) is 5.41. The first kappa shape index (κ1) is 13.2. The molecule has 21 heavy (non-hydrogen) atoms. The molecular formula is C16H13BrClN3. The summed E-state index contributed by atoms with van der Waals surface area (Å²) >= 11 is 9.64. The number of benzene rings is 2. The van der Waals surface area contributed by atoms with Crippen molar-refractivity contribution in [3.63, 3.8) is 0 Å². The van der Waals surface area contributed by atoms with E-state index in [1.54, 1.807) is 0 Å². The average Bonchev–Trinajstić information content (AvgIpc) is 3.23. The van der Waals surface area contributed by atoms with Gasteiger partial charge in [-0.15, -0.1) is 0 Å². The zero-order chi connectivity index (χ0) is 14.6. The Morgan fingerprint density at radius 1 is 1.19 bits per heavy atom. The largest absolute Gasteiger partial charge is 0.398 e. The monoisotopic (exact) mass is 361 g/mol. The summed E-state index contributed by atoms with van der Waals surface area (Å²) < 4.78 is 3.20. The number of fused-ring (bicyclic) bond motifs is 1. The Balaban J connectivity index is 1.99. The molecule has 0 radical (unpaired) electrons. The predicted molar refractivity (Wildman–Crippen MR) is 90.6 cm³/mol. The Labute approximate surface area is 135 Å². The smallest absolute Gasteiger partial charge is 0.141 e. The average molecular weight is 363 g/mol. The first-order valence-corrected chi connectivity index (χ1v) is 8.03. The lowest BCUT2D eigenvalue weighted by molar-refractivity contribution is 0.775. The van der Waals surface area contributed by atoms with E-state index in [0.717, 1.165) is 37.6 Å². The fourth-order valence-corrected chi connectivity index (χ4v) is 3.18. The third-order valence-corrected chi connectivity index (χ3v) is 4.74. The van der Waals surface area contributed by atoms with E-state index in [-0.39, 0.29) is 0 Å². The molecule has 1 fully saturated rings. The molecule has 0 spiro atoms. The lowest BCUT2D eigenvalue weighted by Gasteiger charge is -2.09. The second kappa shape index (κ2) is 4.75. The van der Waals surface area contributed by atoms with E-state index < -0.39 is 0 Å². The number of halogens is 2. The molecule has 3 aromatic rings. The molecule has 3 nitrogen and oxygen atoms in total. The number of imidazole rings is 1. The number of rotatable bonds is 2. The van der Waals surface area contributed by atoms with Crippen LogP contribution in [0, 0.1) is 0 Å². The van der Waals surface area contributed by atoms with Crippen molar-refractivity contribution in [1.82, 2.24) is 9.55 Å². The molecule has 5 heteroatoms. The molecule has 1 heterocycles. The van der Waals surface area contributed by atoms with Crippen molar-refractivity contribution in [2.24, 2.45) is 0 Å². The number of hydrogen-bond acceptors (Lipinski definition) is 2. The maximum atomic E-state index is 6.15. The molecule has 2 N–H and O–H groups in total. The Kier molecular flexibility index (Phi) is 2.98. The van der Waals surface area contributed by atoms with Crippen LogP contribution >= 0.6 is 27.5 Å². The summed E-state index contributed by atoms with van der Waals surface area (Å²) in [5, 5.41) is 0.745. The highest BCUT2D eigenvalue weighted by atomic mass is 79.9. The molecule has 0 aliphatic heterocycles. The van der Waals surface area contributed by atoms with E-state index in [4.69, 9.17) is 22.3 Å². The molecule has 1 saturated carbocycles. The molecule has 4 rings (SSSR count). The van der Waals surface area contributed by atoms with Crippen LogP contribution in [0.4, 0.5) is 5.69 Å². The fourth-order valence-electron chi connectivity index (χ4n) is 2.64. The summed E-state index contributed by atoms with van der Waals surface area (Å²) in [6.45, 7) is 0. The van der Waals surface area contributed by atoms with Gasteiger partial charge in [0.1, 0.15) is 5.82 Å². The van der Waals surface area contributed by atoms with Crippen LogP contribution in [-0.2, 0) is 0 Å². The van der Waals surface area contributed by atoms with Crippen LogP contribution < -0.4 is 5.73 Å². The van der Waals surface area contributed by atoms with Crippen molar-refractivity contribution in [2.45, 2.75) is 18.9 Å². The van der Waals surface area contributed by atoms with Crippen molar-refractivity contribution in [3.8, 4) is 11.4 Å². The highest BCUT2D eigenvalue weighted by Crippen LogP contribution is 2.42. The zero-order valence-corrected chi connectivity index (χ0v) is 13.5. The minimum Gasteiger partial charge on any atom is -0.398 e. The number of anilines is 1. The summed E-state index contributed by atoms with van der Waals surface area (Å²) in [4.78, 5) is 4.80. The van der Waals surface area contributed by atoms with Gasteiger partial charge in [0.05, 0.1) is 11.0 Å². The first-order valence-electron chi connectivity index (χ1n) is 6.86. The predicted octanol–water partition coefficient (Wildman–Crippen LogP) is 5.04. The molecule has 0 atom stereocenters. The minimum absolute atomic E-state index is 0.528.